The zero-order valence-electron chi connectivity index (χ0n) is 32.1. The molecule has 5 unspecified atom stereocenters. The van der Waals surface area contributed by atoms with Gasteiger partial charge in [-0.25, -0.2) is 0 Å². The molecule has 0 aliphatic carbocycles. The van der Waals surface area contributed by atoms with Gasteiger partial charge in [0.1, 0.15) is 30.2 Å². The van der Waals surface area contributed by atoms with Gasteiger partial charge in [-0.05, 0) is 93.2 Å². The molecule has 0 saturated carbocycles. The molecule has 0 heterocycles. The molecular weight excluding hydrogens is 785 g/mol. The number of aliphatic carboxylic acids is 2. The molecule has 56 heavy (non-hydrogen) atoms. The summed E-state index contributed by atoms with van der Waals surface area (Å²) in [6.07, 6.45) is -4.45. The monoisotopic (exact) mass is 832 g/mol. The van der Waals surface area contributed by atoms with Crippen LogP contribution in [0.3, 0.4) is 0 Å². The van der Waals surface area contributed by atoms with Gasteiger partial charge < -0.3 is 19.7 Å². The average Bonchev–Trinajstić information content (AvgIpc) is 3.14. The first-order chi connectivity index (χ1) is 26.5. The number of hydrogen-bond acceptors (Lipinski definition) is 8. The van der Waals surface area contributed by atoms with Crippen LogP contribution in [0.1, 0.15) is 40.2 Å². The first kappa shape index (κ1) is 44.8. The number of alkyl halides is 3. The first-order valence-corrected chi connectivity index (χ1v) is 20.2. The molecule has 0 radical (unpaired) electrons. The Hall–Kier alpha value is -3.88. The van der Waals surface area contributed by atoms with Gasteiger partial charge in [0.15, 0.2) is 0 Å². The van der Waals surface area contributed by atoms with E-state index in [4.69, 9.17) is 21.1 Å². The Balaban J connectivity index is 1.50. The molecule has 0 amide bonds. The quantitative estimate of drug-likeness (QED) is 0.0896. The van der Waals surface area contributed by atoms with Crippen LogP contribution in [0, 0.1) is 11.8 Å². The summed E-state index contributed by atoms with van der Waals surface area (Å²) in [5.41, 5.74) is -0.743. The van der Waals surface area contributed by atoms with Gasteiger partial charge in [-0.1, -0.05) is 93.2 Å². The van der Waals surface area contributed by atoms with Crippen LogP contribution in [0.4, 0.5) is 13.2 Å². The minimum Gasteiger partial charge on any atom is -0.492 e. The Bertz CT molecular complexity index is 1900. The zero-order valence-corrected chi connectivity index (χ0v) is 34.5. The lowest BCUT2D eigenvalue weighted by atomic mass is 9.94. The standard InChI is InChI=1S/C42H48ClF3N2O6S2/c1-7-48(33(26(2)3)25-54-35-16-9-10-17-36(35)55-31-21-19-29(20-22-31)42(44,45)46)39(41(51)52)38(40(49)50)47(6)28(5)27(4)24-53-34-15-8-11-18-37(34)56-32-14-12-13-30(43)23-32/h8-23,26-28,33,38-39H,7,24-25H2,1-6H3,(H,49,50)(H,51,52). The summed E-state index contributed by atoms with van der Waals surface area (Å²) in [4.78, 5) is 32.5. The normalized spacial score (nSPS) is 14.7. The Morgan fingerprint density at radius 3 is 1.79 bits per heavy atom. The highest BCUT2D eigenvalue weighted by Gasteiger charge is 2.45. The van der Waals surface area contributed by atoms with Gasteiger partial charge in [-0.2, -0.15) is 13.2 Å². The predicted molar refractivity (Wildman–Crippen MR) is 215 cm³/mol. The lowest BCUT2D eigenvalue weighted by Gasteiger charge is -2.43. The van der Waals surface area contributed by atoms with E-state index in [2.05, 4.69) is 0 Å². The van der Waals surface area contributed by atoms with Crippen molar-refractivity contribution in [2.24, 2.45) is 11.8 Å². The maximum absolute atomic E-state index is 13.1. The third-order valence-corrected chi connectivity index (χ3v) is 12.0. The molecule has 5 atom stereocenters. The third-order valence-electron chi connectivity index (χ3n) is 9.67. The minimum absolute atomic E-state index is 0.0301. The highest BCUT2D eigenvalue weighted by Crippen LogP contribution is 2.38. The summed E-state index contributed by atoms with van der Waals surface area (Å²) in [6.45, 7) is 9.92. The fourth-order valence-electron chi connectivity index (χ4n) is 6.29. The van der Waals surface area contributed by atoms with Crippen LogP contribution in [0.2, 0.25) is 5.02 Å². The Morgan fingerprint density at radius 2 is 1.29 bits per heavy atom. The number of halogens is 4. The van der Waals surface area contributed by atoms with Crippen LogP contribution >= 0.6 is 35.1 Å². The van der Waals surface area contributed by atoms with E-state index >= 15 is 0 Å². The van der Waals surface area contributed by atoms with E-state index in [1.165, 1.54) is 35.7 Å². The molecular formula is C42H48ClF3N2O6S2. The van der Waals surface area contributed by atoms with E-state index in [1.807, 2.05) is 70.2 Å². The minimum atomic E-state index is -4.45. The molecule has 0 fully saturated rings. The van der Waals surface area contributed by atoms with Gasteiger partial charge in [0, 0.05) is 32.8 Å². The van der Waals surface area contributed by atoms with E-state index in [0.717, 1.165) is 21.9 Å². The smallest absolute Gasteiger partial charge is 0.416 e. The lowest BCUT2D eigenvalue weighted by molar-refractivity contribution is -0.160. The molecule has 0 aliphatic rings. The maximum Gasteiger partial charge on any atom is 0.416 e. The number of carboxylic acid groups (broad SMARTS) is 2. The van der Waals surface area contributed by atoms with Gasteiger partial charge in [0.25, 0.3) is 0 Å². The SMILES string of the molecule is CCN(C(COc1ccccc1Sc1ccc(C(F)(F)F)cc1)C(C)C)C(C(=O)O)C(C(=O)O)N(C)C(C)C(C)COc1ccccc1Sc1cccc(Cl)c1. The van der Waals surface area contributed by atoms with Gasteiger partial charge in [-0.3, -0.25) is 19.4 Å². The molecule has 0 spiro atoms. The fraction of sp³-hybridized carbons (Fsp3) is 0.381. The molecule has 0 aromatic heterocycles. The molecule has 14 heteroatoms. The molecule has 0 aliphatic heterocycles. The molecule has 0 saturated heterocycles. The van der Waals surface area contributed by atoms with Gasteiger partial charge in [0.05, 0.1) is 22.0 Å². The summed E-state index contributed by atoms with van der Waals surface area (Å²) in [7, 11) is 1.63. The third kappa shape index (κ3) is 12.1. The van der Waals surface area contributed by atoms with E-state index in [9.17, 15) is 33.0 Å². The van der Waals surface area contributed by atoms with E-state index in [-0.39, 0.29) is 31.6 Å². The highest BCUT2D eigenvalue weighted by atomic mass is 35.5. The Kier molecular flexibility index (Phi) is 16.4. The van der Waals surface area contributed by atoms with Crippen LogP contribution in [0.25, 0.3) is 0 Å². The fourth-order valence-corrected chi connectivity index (χ4v) is 8.41. The number of likely N-dealkylation sites (N-methyl/N-ethyl adjacent to an activating group) is 2. The largest absolute Gasteiger partial charge is 0.492 e. The number of rotatable bonds is 20. The summed E-state index contributed by atoms with van der Waals surface area (Å²) < 4.78 is 52.0. The van der Waals surface area contributed by atoms with Crippen LogP contribution < -0.4 is 9.47 Å². The highest BCUT2D eigenvalue weighted by molar-refractivity contribution is 7.99. The molecule has 4 rings (SSSR count). The van der Waals surface area contributed by atoms with E-state index in [0.29, 0.717) is 26.3 Å². The molecule has 2 N–H and O–H groups in total. The van der Waals surface area contributed by atoms with Crippen molar-refractivity contribution in [3.63, 3.8) is 0 Å². The average molecular weight is 833 g/mol. The van der Waals surface area contributed by atoms with Crippen molar-refractivity contribution in [1.82, 2.24) is 9.80 Å². The van der Waals surface area contributed by atoms with E-state index in [1.54, 1.807) is 54.1 Å². The number of nitrogens with zero attached hydrogens (tertiary/aromatic N) is 2. The molecule has 8 nitrogen and oxygen atoms in total. The van der Waals surface area contributed by atoms with Crippen molar-refractivity contribution in [2.45, 2.75) is 84.5 Å². The predicted octanol–water partition coefficient (Wildman–Crippen LogP) is 10.3. The summed E-state index contributed by atoms with van der Waals surface area (Å²) in [5, 5.41) is 22.0. The topological polar surface area (TPSA) is 99.5 Å². The number of benzene rings is 4. The summed E-state index contributed by atoms with van der Waals surface area (Å²) in [6, 6.07) is 23.2. The Morgan fingerprint density at radius 1 is 0.750 bits per heavy atom. The number of para-hydroxylation sites is 2. The number of hydrogen-bond donors (Lipinski definition) is 2. The summed E-state index contributed by atoms with van der Waals surface area (Å²) in [5.74, 6) is -1.79. The second-order valence-electron chi connectivity index (χ2n) is 13.8. The maximum atomic E-state index is 13.1. The van der Waals surface area contributed by atoms with Crippen molar-refractivity contribution in [3.05, 3.63) is 108 Å². The lowest BCUT2D eigenvalue weighted by Crippen LogP contribution is -2.64. The molecule has 4 aromatic rings. The van der Waals surface area contributed by atoms with E-state index < -0.39 is 47.8 Å². The van der Waals surface area contributed by atoms with Crippen molar-refractivity contribution in [1.29, 1.82) is 0 Å². The van der Waals surface area contributed by atoms with Gasteiger partial charge >= 0.3 is 18.1 Å². The molecule has 4 aromatic carbocycles. The van der Waals surface area contributed by atoms with Crippen LogP contribution in [0.15, 0.2) is 117 Å². The molecule has 0 bridgehead atoms. The van der Waals surface area contributed by atoms with Crippen molar-refractivity contribution < 1.29 is 42.4 Å². The van der Waals surface area contributed by atoms with Crippen LogP contribution in [0.5, 0.6) is 11.5 Å². The van der Waals surface area contributed by atoms with Crippen molar-refractivity contribution in [3.8, 4) is 11.5 Å². The van der Waals surface area contributed by atoms with Gasteiger partial charge in [0.2, 0.25) is 0 Å². The Labute approximate surface area is 340 Å². The van der Waals surface area contributed by atoms with Crippen LogP contribution in [-0.4, -0.2) is 82.9 Å². The summed E-state index contributed by atoms with van der Waals surface area (Å²) >= 11 is 8.94. The second kappa shape index (κ2) is 20.5. The number of ether oxygens (including phenoxy) is 2. The van der Waals surface area contributed by atoms with Crippen molar-refractivity contribution in [2.75, 3.05) is 26.8 Å². The van der Waals surface area contributed by atoms with Gasteiger partial charge in [-0.15, -0.1) is 0 Å². The second-order valence-corrected chi connectivity index (χ2v) is 16.5. The molecule has 302 valence electrons. The first-order valence-electron chi connectivity index (χ1n) is 18.2. The van der Waals surface area contributed by atoms with Crippen molar-refractivity contribution >= 4 is 47.1 Å². The van der Waals surface area contributed by atoms with Crippen LogP contribution in [-0.2, 0) is 15.8 Å². The number of carboxylic acids is 2. The zero-order chi connectivity index (χ0) is 41.2. The number of carbonyl (C=O) groups is 2.